The van der Waals surface area contributed by atoms with Gasteiger partial charge in [-0.25, -0.2) is 4.39 Å². The minimum Gasteiger partial charge on any atom is -0.386 e. The lowest BCUT2D eigenvalue weighted by Gasteiger charge is -2.25. The van der Waals surface area contributed by atoms with Crippen LogP contribution in [0, 0.1) is 5.82 Å². The second kappa shape index (κ2) is 10.2. The van der Waals surface area contributed by atoms with Crippen molar-refractivity contribution in [1.82, 2.24) is 5.32 Å². The highest BCUT2D eigenvalue weighted by atomic mass is 79.9. The Hall–Kier alpha value is -3.23. The van der Waals surface area contributed by atoms with E-state index in [-0.39, 0.29) is 6.42 Å². The number of rotatable bonds is 6. The van der Waals surface area contributed by atoms with Crippen molar-refractivity contribution in [3.05, 3.63) is 117 Å². The molecule has 35 heavy (non-hydrogen) atoms. The van der Waals surface area contributed by atoms with E-state index in [1.807, 2.05) is 12.1 Å². The number of aliphatic hydroxyl groups excluding tert-OH is 1. The number of alkyl halides is 3. The summed E-state index contributed by atoms with van der Waals surface area (Å²) >= 11 is 3.47. The van der Waals surface area contributed by atoms with E-state index in [0.717, 1.165) is 22.0 Å². The van der Waals surface area contributed by atoms with Gasteiger partial charge in [-0.2, -0.15) is 13.2 Å². The molecule has 3 nitrogen and oxygen atoms in total. The summed E-state index contributed by atoms with van der Waals surface area (Å²) in [5.41, 5.74) is 0.448. The van der Waals surface area contributed by atoms with Gasteiger partial charge < -0.3 is 10.4 Å². The first-order chi connectivity index (χ1) is 16.6. The molecule has 0 aromatic heterocycles. The first kappa shape index (κ1) is 24.9. The molecular weight excluding hydrogens is 526 g/mol. The molecule has 2 N–H and O–H groups in total. The number of carbonyl (C=O) groups excluding carboxylic acids is 1. The Bertz CT molecular complexity index is 1340. The van der Waals surface area contributed by atoms with E-state index < -0.39 is 35.6 Å². The lowest BCUT2D eigenvalue weighted by atomic mass is 9.94. The van der Waals surface area contributed by atoms with Gasteiger partial charge >= 0.3 is 6.18 Å². The maximum Gasteiger partial charge on any atom is 0.416 e. The maximum atomic E-state index is 13.4. The van der Waals surface area contributed by atoms with Gasteiger partial charge in [-0.15, -0.1) is 0 Å². The number of hydrogen-bond acceptors (Lipinski definition) is 2. The first-order valence-corrected chi connectivity index (χ1v) is 11.5. The molecule has 0 saturated heterocycles. The minimum absolute atomic E-state index is 0.0525. The molecule has 0 saturated carbocycles. The zero-order chi connectivity index (χ0) is 25.2. The molecule has 0 bridgehead atoms. The van der Waals surface area contributed by atoms with E-state index in [2.05, 4.69) is 21.2 Å². The summed E-state index contributed by atoms with van der Waals surface area (Å²) < 4.78 is 53.1. The molecule has 2 unspecified atom stereocenters. The molecule has 0 spiro atoms. The number of nitrogens with one attached hydrogen (secondary N) is 1. The highest BCUT2D eigenvalue weighted by Gasteiger charge is 2.30. The number of amides is 1. The molecule has 0 aliphatic carbocycles. The topological polar surface area (TPSA) is 49.3 Å². The average Bonchev–Trinajstić information content (AvgIpc) is 2.84. The Balaban J connectivity index is 1.66. The van der Waals surface area contributed by atoms with Crippen LogP contribution in [-0.2, 0) is 12.6 Å². The predicted molar refractivity (Wildman–Crippen MR) is 129 cm³/mol. The van der Waals surface area contributed by atoms with Gasteiger partial charge in [-0.3, -0.25) is 4.79 Å². The van der Waals surface area contributed by atoms with Crippen LogP contribution >= 0.6 is 15.9 Å². The lowest BCUT2D eigenvalue weighted by molar-refractivity contribution is -0.137. The Kier molecular flexibility index (Phi) is 7.23. The number of aliphatic hydroxyl groups is 1. The SMILES string of the molecule is O=C(NC(Cc1ccc(C(F)(F)F)cc1)C(O)c1ccc(F)cc1)c1ccc(Br)c2ccccc12. The number of carbonyl (C=O) groups is 1. The summed E-state index contributed by atoms with van der Waals surface area (Å²) in [5, 5.41) is 15.4. The first-order valence-electron chi connectivity index (χ1n) is 10.7. The Morgan fingerprint density at radius 2 is 1.51 bits per heavy atom. The number of hydrogen-bond donors (Lipinski definition) is 2. The van der Waals surface area contributed by atoms with E-state index in [4.69, 9.17) is 0 Å². The van der Waals surface area contributed by atoms with Crippen molar-refractivity contribution >= 4 is 32.6 Å². The molecular formula is C27H20BrF4NO2. The molecule has 4 aromatic rings. The Morgan fingerprint density at radius 1 is 0.886 bits per heavy atom. The zero-order valence-corrected chi connectivity index (χ0v) is 19.8. The van der Waals surface area contributed by atoms with Crippen LogP contribution in [0.1, 0.15) is 33.2 Å². The average molecular weight is 546 g/mol. The lowest BCUT2D eigenvalue weighted by Crippen LogP contribution is -2.41. The quantitative estimate of drug-likeness (QED) is 0.261. The molecule has 180 valence electrons. The van der Waals surface area contributed by atoms with Crippen LogP contribution in [0.2, 0.25) is 0 Å². The summed E-state index contributed by atoms with van der Waals surface area (Å²) in [6, 6.07) is 19.6. The predicted octanol–water partition coefficient (Wildman–Crippen LogP) is 6.83. The third kappa shape index (κ3) is 5.71. The fourth-order valence-electron chi connectivity index (χ4n) is 3.92. The number of halogens is 5. The molecule has 0 radical (unpaired) electrons. The van der Waals surface area contributed by atoms with Crippen LogP contribution in [0.4, 0.5) is 17.6 Å². The van der Waals surface area contributed by atoms with Gasteiger partial charge in [0.1, 0.15) is 5.82 Å². The molecule has 0 heterocycles. The van der Waals surface area contributed by atoms with Gasteiger partial charge in [0.05, 0.1) is 17.7 Å². The highest BCUT2D eigenvalue weighted by Crippen LogP contribution is 2.30. The van der Waals surface area contributed by atoms with E-state index in [1.54, 1.807) is 24.3 Å². The molecule has 8 heteroatoms. The Morgan fingerprint density at radius 3 is 2.14 bits per heavy atom. The third-order valence-electron chi connectivity index (χ3n) is 5.76. The van der Waals surface area contributed by atoms with Crippen molar-refractivity contribution in [2.75, 3.05) is 0 Å². The van der Waals surface area contributed by atoms with Crippen LogP contribution in [0.25, 0.3) is 10.8 Å². The largest absolute Gasteiger partial charge is 0.416 e. The van der Waals surface area contributed by atoms with E-state index in [1.165, 1.54) is 36.4 Å². The molecule has 0 fully saturated rings. The van der Waals surface area contributed by atoms with Crippen molar-refractivity contribution in [1.29, 1.82) is 0 Å². The van der Waals surface area contributed by atoms with Crippen LogP contribution < -0.4 is 5.32 Å². The summed E-state index contributed by atoms with van der Waals surface area (Å²) in [6.07, 6.45) is -5.65. The van der Waals surface area contributed by atoms with Gasteiger partial charge in [0.2, 0.25) is 0 Å². The Labute approximate surface area is 207 Å². The van der Waals surface area contributed by atoms with Gasteiger partial charge in [-0.1, -0.05) is 64.5 Å². The summed E-state index contributed by atoms with van der Waals surface area (Å²) in [7, 11) is 0. The van der Waals surface area contributed by atoms with Crippen molar-refractivity contribution < 1.29 is 27.5 Å². The fraction of sp³-hybridized carbons (Fsp3) is 0.148. The molecule has 1 amide bonds. The summed E-state index contributed by atoms with van der Waals surface area (Å²) in [5.74, 6) is -0.933. The highest BCUT2D eigenvalue weighted by molar-refractivity contribution is 9.10. The molecule has 0 aliphatic heterocycles. The summed E-state index contributed by atoms with van der Waals surface area (Å²) in [4.78, 5) is 13.3. The monoisotopic (exact) mass is 545 g/mol. The number of fused-ring (bicyclic) bond motifs is 1. The minimum atomic E-state index is -4.47. The van der Waals surface area contributed by atoms with Crippen molar-refractivity contribution in [3.8, 4) is 0 Å². The summed E-state index contributed by atoms with van der Waals surface area (Å²) in [6.45, 7) is 0. The van der Waals surface area contributed by atoms with Crippen molar-refractivity contribution in [2.24, 2.45) is 0 Å². The third-order valence-corrected chi connectivity index (χ3v) is 6.45. The van der Waals surface area contributed by atoms with Crippen molar-refractivity contribution in [3.63, 3.8) is 0 Å². The van der Waals surface area contributed by atoms with Crippen LogP contribution in [0.5, 0.6) is 0 Å². The van der Waals surface area contributed by atoms with Gasteiger partial charge in [0.25, 0.3) is 5.91 Å². The van der Waals surface area contributed by atoms with Crippen LogP contribution in [0.15, 0.2) is 89.4 Å². The van der Waals surface area contributed by atoms with Crippen LogP contribution in [0.3, 0.4) is 0 Å². The number of benzene rings is 4. The fourth-order valence-corrected chi connectivity index (χ4v) is 4.40. The smallest absolute Gasteiger partial charge is 0.386 e. The standard InChI is InChI=1S/C27H20BrF4NO2/c28-23-14-13-22(20-3-1-2-4-21(20)23)26(35)33-24(25(34)17-7-11-19(29)12-8-17)15-16-5-9-18(10-6-16)27(30,31)32/h1-14,24-25,34H,15H2,(H,33,35). The maximum absolute atomic E-state index is 13.4. The van der Waals surface area contributed by atoms with Gasteiger partial charge in [0, 0.05) is 10.0 Å². The van der Waals surface area contributed by atoms with Crippen molar-refractivity contribution in [2.45, 2.75) is 24.7 Å². The second-order valence-electron chi connectivity index (χ2n) is 8.12. The molecule has 0 aliphatic rings. The van der Waals surface area contributed by atoms with E-state index in [9.17, 15) is 27.5 Å². The molecule has 4 aromatic carbocycles. The van der Waals surface area contributed by atoms with Gasteiger partial charge in [0.15, 0.2) is 0 Å². The van der Waals surface area contributed by atoms with Crippen LogP contribution in [-0.4, -0.2) is 17.1 Å². The molecule has 4 rings (SSSR count). The zero-order valence-electron chi connectivity index (χ0n) is 18.2. The normalized spacial score (nSPS) is 13.4. The van der Waals surface area contributed by atoms with Gasteiger partial charge in [-0.05, 0) is 64.7 Å². The van der Waals surface area contributed by atoms with E-state index >= 15 is 0 Å². The molecule has 2 atom stereocenters. The second-order valence-corrected chi connectivity index (χ2v) is 8.97. The van der Waals surface area contributed by atoms with E-state index in [0.29, 0.717) is 22.1 Å².